The van der Waals surface area contributed by atoms with E-state index in [1.165, 1.54) is 6.07 Å². The van der Waals surface area contributed by atoms with Crippen molar-refractivity contribution in [2.75, 3.05) is 13.6 Å². The summed E-state index contributed by atoms with van der Waals surface area (Å²) < 4.78 is 20.0. The number of guanidine groups is 1. The summed E-state index contributed by atoms with van der Waals surface area (Å²) in [6.45, 7) is 5.45. The average Bonchev–Trinajstić information content (AvgIpc) is 3.04. The third-order valence-electron chi connectivity index (χ3n) is 4.19. The number of nitrogens with one attached hydrogen (secondary N) is 2. The molecule has 2 aromatic rings. The van der Waals surface area contributed by atoms with Gasteiger partial charge in [0.1, 0.15) is 11.6 Å². The number of hydrogen-bond donors (Lipinski definition) is 2. The standard InChI is InChI=1S/C19H26BrFN4O/c1-4-17-15(18(5-2)26-25-17)12-24-19(22-3)23-10-6-7-13-8-9-14(20)11-16(13)21/h8-9,11H,4-7,10,12H2,1-3H3,(H2,22,23,24). The lowest BCUT2D eigenvalue weighted by atomic mass is 10.1. The Balaban J connectivity index is 1.80. The fraction of sp³-hybridized carbons (Fsp3) is 0.474. The number of nitrogens with zero attached hydrogens (tertiary/aromatic N) is 2. The van der Waals surface area contributed by atoms with Crippen LogP contribution in [-0.4, -0.2) is 24.7 Å². The van der Waals surface area contributed by atoms with E-state index in [9.17, 15) is 4.39 Å². The second kappa shape index (κ2) is 10.3. The third-order valence-corrected chi connectivity index (χ3v) is 4.69. The normalized spacial score (nSPS) is 11.7. The fourth-order valence-corrected chi connectivity index (χ4v) is 3.07. The van der Waals surface area contributed by atoms with Crippen LogP contribution in [0, 0.1) is 5.82 Å². The van der Waals surface area contributed by atoms with E-state index in [4.69, 9.17) is 4.52 Å². The Morgan fingerprint density at radius 2 is 2.08 bits per heavy atom. The summed E-state index contributed by atoms with van der Waals surface area (Å²) >= 11 is 3.27. The Kier molecular flexibility index (Phi) is 8.09. The quantitative estimate of drug-likeness (QED) is 0.381. The van der Waals surface area contributed by atoms with Crippen LogP contribution in [0.15, 0.2) is 32.2 Å². The molecule has 2 N–H and O–H groups in total. The highest BCUT2D eigenvalue weighted by molar-refractivity contribution is 9.10. The molecular weight excluding hydrogens is 399 g/mol. The highest BCUT2D eigenvalue weighted by Crippen LogP contribution is 2.17. The van der Waals surface area contributed by atoms with Crippen molar-refractivity contribution in [2.45, 2.75) is 46.1 Å². The predicted molar refractivity (Wildman–Crippen MR) is 106 cm³/mol. The molecule has 1 heterocycles. The van der Waals surface area contributed by atoms with Crippen LogP contribution in [0.2, 0.25) is 0 Å². The van der Waals surface area contributed by atoms with E-state index in [1.807, 2.05) is 12.1 Å². The fourth-order valence-electron chi connectivity index (χ4n) is 2.74. The van der Waals surface area contributed by atoms with E-state index in [1.54, 1.807) is 7.05 Å². The molecule has 0 saturated carbocycles. The summed E-state index contributed by atoms with van der Waals surface area (Å²) in [5.74, 6) is 1.45. The van der Waals surface area contributed by atoms with Crippen LogP contribution in [0.3, 0.4) is 0 Å². The molecule has 0 fully saturated rings. The molecule has 142 valence electrons. The topological polar surface area (TPSA) is 62.5 Å². The number of aliphatic imine (C=N–C) groups is 1. The number of rotatable bonds is 8. The highest BCUT2D eigenvalue weighted by atomic mass is 79.9. The van der Waals surface area contributed by atoms with Gasteiger partial charge in [0, 0.05) is 36.6 Å². The predicted octanol–water partition coefficient (Wildman–Crippen LogP) is 4.00. The number of benzene rings is 1. The van der Waals surface area contributed by atoms with Crippen LogP contribution in [0.25, 0.3) is 0 Å². The summed E-state index contributed by atoms with van der Waals surface area (Å²) in [5, 5.41) is 10.7. The molecule has 0 aliphatic rings. The minimum absolute atomic E-state index is 0.173. The molecule has 0 radical (unpaired) electrons. The summed E-state index contributed by atoms with van der Waals surface area (Å²) in [6.07, 6.45) is 3.14. The lowest BCUT2D eigenvalue weighted by Crippen LogP contribution is -2.37. The van der Waals surface area contributed by atoms with E-state index in [0.29, 0.717) is 25.5 Å². The van der Waals surface area contributed by atoms with Crippen molar-refractivity contribution in [3.63, 3.8) is 0 Å². The summed E-state index contributed by atoms with van der Waals surface area (Å²) in [5.41, 5.74) is 2.81. The molecule has 0 saturated heterocycles. The molecule has 2 rings (SSSR count). The summed E-state index contributed by atoms with van der Waals surface area (Å²) in [7, 11) is 1.73. The van der Waals surface area contributed by atoms with Crippen molar-refractivity contribution in [2.24, 2.45) is 4.99 Å². The van der Waals surface area contributed by atoms with E-state index < -0.39 is 0 Å². The molecule has 0 amide bonds. The van der Waals surface area contributed by atoms with Gasteiger partial charge in [-0.2, -0.15) is 0 Å². The van der Waals surface area contributed by atoms with E-state index >= 15 is 0 Å². The Morgan fingerprint density at radius 3 is 2.73 bits per heavy atom. The Bertz CT molecular complexity index is 724. The lowest BCUT2D eigenvalue weighted by molar-refractivity contribution is 0.380. The Labute approximate surface area is 162 Å². The first-order valence-corrected chi connectivity index (χ1v) is 9.73. The zero-order valence-corrected chi connectivity index (χ0v) is 17.1. The molecule has 5 nitrogen and oxygen atoms in total. The number of halogens is 2. The lowest BCUT2D eigenvalue weighted by Gasteiger charge is -2.12. The SMILES string of the molecule is CCc1noc(CC)c1CNC(=NC)NCCCc1ccc(Br)cc1F. The molecule has 0 spiro atoms. The van der Waals surface area contributed by atoms with Crippen molar-refractivity contribution in [3.8, 4) is 0 Å². The van der Waals surface area contributed by atoms with Crippen molar-refractivity contribution >= 4 is 21.9 Å². The molecule has 0 atom stereocenters. The van der Waals surface area contributed by atoms with Gasteiger partial charge in [0.2, 0.25) is 0 Å². The first-order chi connectivity index (χ1) is 12.6. The van der Waals surface area contributed by atoms with E-state index in [0.717, 1.165) is 46.3 Å². The maximum Gasteiger partial charge on any atom is 0.191 e. The number of aromatic nitrogens is 1. The molecule has 7 heteroatoms. The summed E-state index contributed by atoms with van der Waals surface area (Å²) in [4.78, 5) is 4.24. The molecule has 0 aliphatic heterocycles. The van der Waals surface area contributed by atoms with Crippen LogP contribution in [0.4, 0.5) is 4.39 Å². The molecule has 26 heavy (non-hydrogen) atoms. The number of aryl methyl sites for hydroxylation is 3. The zero-order valence-electron chi connectivity index (χ0n) is 15.5. The van der Waals surface area contributed by atoms with Gasteiger partial charge in [-0.05, 0) is 37.0 Å². The second-order valence-electron chi connectivity index (χ2n) is 5.93. The molecule has 0 bridgehead atoms. The molecule has 1 aromatic heterocycles. The van der Waals surface area contributed by atoms with E-state index in [-0.39, 0.29) is 5.82 Å². The van der Waals surface area contributed by atoms with Crippen LogP contribution in [0.1, 0.15) is 42.8 Å². The molecule has 0 aliphatic carbocycles. The smallest absolute Gasteiger partial charge is 0.191 e. The Morgan fingerprint density at radius 1 is 1.27 bits per heavy atom. The minimum atomic E-state index is -0.173. The monoisotopic (exact) mass is 424 g/mol. The van der Waals surface area contributed by atoms with Gasteiger partial charge >= 0.3 is 0 Å². The zero-order chi connectivity index (χ0) is 18.9. The van der Waals surface area contributed by atoms with Gasteiger partial charge < -0.3 is 15.2 Å². The van der Waals surface area contributed by atoms with Gasteiger partial charge in [-0.15, -0.1) is 0 Å². The van der Waals surface area contributed by atoms with Gasteiger partial charge in [0.05, 0.1) is 5.69 Å². The van der Waals surface area contributed by atoms with Gasteiger partial charge in [-0.3, -0.25) is 4.99 Å². The maximum absolute atomic E-state index is 13.8. The molecular formula is C19H26BrFN4O. The third kappa shape index (κ3) is 5.56. The van der Waals surface area contributed by atoms with Gasteiger partial charge in [-0.1, -0.05) is 41.0 Å². The van der Waals surface area contributed by atoms with E-state index in [2.05, 4.69) is 50.6 Å². The molecule has 0 unspecified atom stereocenters. The molecule has 1 aromatic carbocycles. The van der Waals surface area contributed by atoms with Crippen LogP contribution in [0.5, 0.6) is 0 Å². The van der Waals surface area contributed by atoms with Gasteiger partial charge in [-0.25, -0.2) is 4.39 Å². The average molecular weight is 425 g/mol. The van der Waals surface area contributed by atoms with Crippen LogP contribution in [-0.2, 0) is 25.8 Å². The highest BCUT2D eigenvalue weighted by Gasteiger charge is 2.13. The van der Waals surface area contributed by atoms with Crippen LogP contribution >= 0.6 is 15.9 Å². The first kappa shape index (κ1) is 20.4. The van der Waals surface area contributed by atoms with Crippen molar-refractivity contribution in [1.82, 2.24) is 15.8 Å². The minimum Gasteiger partial charge on any atom is -0.361 e. The van der Waals surface area contributed by atoms with Gasteiger partial charge in [0.15, 0.2) is 5.96 Å². The van der Waals surface area contributed by atoms with Gasteiger partial charge in [0.25, 0.3) is 0 Å². The second-order valence-corrected chi connectivity index (χ2v) is 6.85. The van der Waals surface area contributed by atoms with Crippen molar-refractivity contribution < 1.29 is 8.91 Å². The maximum atomic E-state index is 13.8. The largest absolute Gasteiger partial charge is 0.361 e. The Hall–Kier alpha value is -1.89. The van der Waals surface area contributed by atoms with Crippen molar-refractivity contribution in [3.05, 3.63) is 51.1 Å². The van der Waals surface area contributed by atoms with Crippen LogP contribution < -0.4 is 10.6 Å². The van der Waals surface area contributed by atoms with Crippen molar-refractivity contribution in [1.29, 1.82) is 0 Å². The first-order valence-electron chi connectivity index (χ1n) is 8.93. The number of hydrogen-bond acceptors (Lipinski definition) is 3. The summed E-state index contributed by atoms with van der Waals surface area (Å²) in [6, 6.07) is 5.18.